The number of thiol groups is 1. The summed E-state index contributed by atoms with van der Waals surface area (Å²) in [7, 11) is -2.15. The molecule has 5 heteroatoms. The molecule has 0 spiro atoms. The quantitative estimate of drug-likeness (QED) is 0.251. The summed E-state index contributed by atoms with van der Waals surface area (Å²) in [5.74, 6) is 0. The molecule has 0 atom stereocenters. The van der Waals surface area contributed by atoms with Crippen LogP contribution in [0.25, 0.3) is 0 Å². The van der Waals surface area contributed by atoms with Crippen LogP contribution in [0.4, 0.5) is 0 Å². The van der Waals surface area contributed by atoms with E-state index in [0.717, 1.165) is 0 Å². The van der Waals surface area contributed by atoms with Crippen molar-refractivity contribution in [1.29, 1.82) is 0 Å². The first kappa shape index (κ1) is 9.84. The van der Waals surface area contributed by atoms with Crippen molar-refractivity contribution in [1.82, 2.24) is 0 Å². The van der Waals surface area contributed by atoms with Crippen LogP contribution in [0.5, 0.6) is 0 Å². The van der Waals surface area contributed by atoms with Gasteiger partial charge >= 0.3 is 29.6 Å². The molecule has 0 aromatic rings. The van der Waals surface area contributed by atoms with Crippen LogP contribution in [-0.4, -0.2) is 38.0 Å². The summed E-state index contributed by atoms with van der Waals surface area (Å²) in [4.78, 5) is 0. The molecule has 5 heavy (non-hydrogen) atoms. The summed E-state index contributed by atoms with van der Waals surface area (Å²) < 4.78 is 18.0. The van der Waals surface area contributed by atoms with E-state index in [0.29, 0.717) is 0 Å². The molecule has 0 aliphatic carbocycles. The van der Waals surface area contributed by atoms with Crippen LogP contribution in [-0.2, 0) is 7.88 Å². The van der Waals surface area contributed by atoms with Gasteiger partial charge in [0.25, 0.3) is 0 Å². The molecule has 0 bridgehead atoms. The third kappa shape index (κ3) is 27.3. The van der Waals surface area contributed by atoms with Gasteiger partial charge in [0.2, 0.25) is 0 Å². The van der Waals surface area contributed by atoms with Crippen molar-refractivity contribution >= 4 is 58.6 Å². The van der Waals surface area contributed by atoms with Gasteiger partial charge in [-0.3, -0.25) is 0 Å². The molecule has 0 aromatic carbocycles. The molecule has 0 saturated carbocycles. The molecule has 0 fully saturated rings. The van der Waals surface area contributed by atoms with Gasteiger partial charge in [-0.15, -0.1) is 0 Å². The molecule has 2 nitrogen and oxygen atoms in total. The van der Waals surface area contributed by atoms with Crippen LogP contribution >= 0.6 is 21.2 Å². The Bertz CT molecular complexity index is 58.0. The van der Waals surface area contributed by atoms with Crippen LogP contribution in [0.1, 0.15) is 0 Å². The molecule has 0 unspecified atom stereocenters. The van der Waals surface area contributed by atoms with E-state index in [-0.39, 0.29) is 29.6 Å². The Labute approximate surface area is 66.2 Å². The summed E-state index contributed by atoms with van der Waals surface area (Å²) >= 11 is 1.30. The van der Waals surface area contributed by atoms with Crippen molar-refractivity contribution in [2.45, 2.75) is 0 Å². The van der Waals surface area contributed by atoms with E-state index in [2.05, 4.69) is 0 Å². The molecule has 0 heterocycles. The van der Waals surface area contributed by atoms with E-state index in [4.69, 9.17) is 8.42 Å². The van der Waals surface area contributed by atoms with E-state index in [9.17, 15) is 0 Å². The van der Waals surface area contributed by atoms with E-state index >= 15 is 0 Å². The van der Waals surface area contributed by atoms with Crippen LogP contribution in [0.15, 0.2) is 0 Å². The number of hydrogen-bond acceptors (Lipinski definition) is 2. The topological polar surface area (TPSA) is 34.1 Å². The van der Waals surface area contributed by atoms with Gasteiger partial charge in [-0.25, -0.2) is 8.42 Å². The maximum atomic E-state index is 9.02. The fraction of sp³-hybridized carbons (Fsp3) is 0. The Morgan fingerprint density at radius 2 is 1.40 bits per heavy atom. The second-order valence-corrected chi connectivity index (χ2v) is 3.00. The van der Waals surface area contributed by atoms with Gasteiger partial charge in [0.15, 0.2) is 7.88 Å². The molecular weight excluding hydrogens is 214 g/mol. The first-order valence-corrected chi connectivity index (χ1v) is 4.50. The summed E-state index contributed by atoms with van der Waals surface area (Å²) in [5.41, 5.74) is 0. The van der Waals surface area contributed by atoms with Gasteiger partial charge in [-0.05, 0) is 0 Å². The summed E-state index contributed by atoms with van der Waals surface area (Å²) in [6, 6.07) is 0. The number of halogens is 1. The third-order valence-electron chi connectivity index (χ3n) is 0. The molecule has 28 valence electrons. The summed E-state index contributed by atoms with van der Waals surface area (Å²) in [5, 5.41) is 0. The molecule has 0 N–H and O–H groups in total. The molecule has 0 radical (unpaired) electrons. The zero-order chi connectivity index (χ0) is 3.58. The van der Waals surface area contributed by atoms with E-state index in [1.807, 2.05) is 0 Å². The second-order valence-electron chi connectivity index (χ2n) is 0.213. The Kier molecular flexibility index (Phi) is 11.2. The molecule has 0 saturated heterocycles. The first-order valence-electron chi connectivity index (χ1n) is 0.534. The predicted molar refractivity (Wildman–Crippen MR) is 31.5 cm³/mol. The van der Waals surface area contributed by atoms with E-state index < -0.39 is 7.88 Å². The molecule has 0 aliphatic heterocycles. The minimum absolute atomic E-state index is 0. The first-order chi connectivity index (χ1) is 1.73. The third-order valence-corrected chi connectivity index (χ3v) is 0. The Morgan fingerprint density at radius 3 is 1.40 bits per heavy atom. The SMILES string of the molecule is O=[SH](=O)I.[NaH]. The fourth-order valence-corrected chi connectivity index (χ4v) is 0. The van der Waals surface area contributed by atoms with Crippen molar-refractivity contribution in [2.75, 3.05) is 0 Å². The van der Waals surface area contributed by atoms with Gasteiger partial charge in [-0.1, -0.05) is 0 Å². The van der Waals surface area contributed by atoms with Gasteiger partial charge in [0, 0.05) is 0 Å². The van der Waals surface area contributed by atoms with Gasteiger partial charge in [-0.2, -0.15) is 0 Å². The van der Waals surface area contributed by atoms with E-state index in [1.54, 1.807) is 0 Å². The average Bonchev–Trinajstić information content (AvgIpc) is 0.811. The standard InChI is InChI=1S/HIO2S.Na.H/c1-4(2)3;;/h4H;;. The monoisotopic (exact) mass is 216 g/mol. The zero-order valence-corrected chi connectivity index (χ0v) is 4.69. The van der Waals surface area contributed by atoms with Crippen molar-refractivity contribution in [2.24, 2.45) is 0 Å². The van der Waals surface area contributed by atoms with Crippen LogP contribution in [0.3, 0.4) is 0 Å². The van der Waals surface area contributed by atoms with Gasteiger partial charge < -0.3 is 0 Å². The summed E-state index contributed by atoms with van der Waals surface area (Å²) in [6.07, 6.45) is 0. The van der Waals surface area contributed by atoms with Crippen LogP contribution < -0.4 is 0 Å². The Morgan fingerprint density at radius 1 is 1.40 bits per heavy atom. The molecule has 0 aliphatic rings. The van der Waals surface area contributed by atoms with Crippen molar-refractivity contribution < 1.29 is 8.42 Å². The van der Waals surface area contributed by atoms with Crippen molar-refractivity contribution in [3.05, 3.63) is 0 Å². The van der Waals surface area contributed by atoms with Gasteiger partial charge in [0.05, 0.1) is 21.2 Å². The number of hydrogen-bond donors (Lipinski definition) is 1. The normalized spacial score (nSPS) is 6.80. The molecule has 0 amide bonds. The Hall–Kier alpha value is 1.68. The van der Waals surface area contributed by atoms with Crippen molar-refractivity contribution in [3.8, 4) is 0 Å². The van der Waals surface area contributed by atoms with Crippen LogP contribution in [0, 0.1) is 0 Å². The molecular formula is H2INaO2S. The predicted octanol–water partition coefficient (Wildman–Crippen LogP) is -0.701. The Balaban J connectivity index is 0. The zero-order valence-electron chi connectivity index (χ0n) is 1.64. The van der Waals surface area contributed by atoms with Crippen molar-refractivity contribution in [3.63, 3.8) is 0 Å². The fourth-order valence-electron chi connectivity index (χ4n) is 0. The van der Waals surface area contributed by atoms with E-state index in [1.165, 1.54) is 21.2 Å². The second kappa shape index (κ2) is 5.68. The molecule has 0 aromatic heterocycles. The van der Waals surface area contributed by atoms with Gasteiger partial charge in [0.1, 0.15) is 0 Å². The van der Waals surface area contributed by atoms with Crippen LogP contribution in [0.2, 0.25) is 0 Å². The summed E-state index contributed by atoms with van der Waals surface area (Å²) in [6.45, 7) is 0. The molecule has 0 rings (SSSR count). The average molecular weight is 216 g/mol. The maximum absolute atomic E-state index is 9.02. The number of rotatable bonds is 0. The minimum atomic E-state index is -2.15.